The molecular weight excluding hydrogens is 164 g/mol. The number of nitrogens with zero attached hydrogens (tertiary/aromatic N) is 1. The molecule has 0 aromatic heterocycles. The third kappa shape index (κ3) is 9.80. The molecule has 0 spiro atoms. The van der Waals surface area contributed by atoms with E-state index in [-0.39, 0.29) is 0 Å². The first-order chi connectivity index (χ1) is 6.31. The highest BCUT2D eigenvalue weighted by molar-refractivity contribution is 4.52. The van der Waals surface area contributed by atoms with Gasteiger partial charge in [-0.2, -0.15) is 0 Å². The van der Waals surface area contributed by atoms with Crippen LogP contribution < -0.4 is 5.32 Å². The predicted octanol–water partition coefficient (Wildman–Crippen LogP) is 0.954. The minimum atomic E-state index is 0.832. The van der Waals surface area contributed by atoms with E-state index in [0.717, 1.165) is 45.8 Å². The van der Waals surface area contributed by atoms with Gasteiger partial charge in [-0.25, -0.2) is 0 Å². The van der Waals surface area contributed by atoms with E-state index in [0.29, 0.717) is 0 Å². The van der Waals surface area contributed by atoms with E-state index in [1.54, 1.807) is 0 Å². The van der Waals surface area contributed by atoms with E-state index >= 15 is 0 Å². The molecule has 0 amide bonds. The van der Waals surface area contributed by atoms with Crippen molar-refractivity contribution >= 4 is 0 Å². The molecule has 0 bridgehead atoms. The highest BCUT2D eigenvalue weighted by Gasteiger charge is 1.92. The zero-order valence-corrected chi connectivity index (χ0v) is 9.31. The van der Waals surface area contributed by atoms with Crippen LogP contribution in [0.3, 0.4) is 0 Å². The second-order valence-corrected chi connectivity index (χ2v) is 3.20. The third-order valence-corrected chi connectivity index (χ3v) is 2.06. The molecule has 13 heavy (non-hydrogen) atoms. The van der Waals surface area contributed by atoms with Crippen molar-refractivity contribution in [3.63, 3.8) is 0 Å². The van der Waals surface area contributed by atoms with Crippen LogP contribution in [-0.4, -0.2) is 51.3 Å². The monoisotopic (exact) mass is 188 g/mol. The molecule has 0 fully saturated rings. The van der Waals surface area contributed by atoms with Gasteiger partial charge in [0.25, 0.3) is 0 Å². The van der Waals surface area contributed by atoms with Crippen molar-refractivity contribution in [3.8, 4) is 0 Å². The topological polar surface area (TPSA) is 24.5 Å². The maximum Gasteiger partial charge on any atom is 0.0477 e. The van der Waals surface area contributed by atoms with E-state index in [9.17, 15) is 0 Å². The minimum absolute atomic E-state index is 0.832. The van der Waals surface area contributed by atoms with Gasteiger partial charge in [-0.15, -0.1) is 0 Å². The van der Waals surface area contributed by atoms with E-state index in [4.69, 9.17) is 4.74 Å². The van der Waals surface area contributed by atoms with Crippen LogP contribution in [-0.2, 0) is 4.74 Å². The van der Waals surface area contributed by atoms with Gasteiger partial charge in [-0.1, -0.05) is 6.92 Å². The lowest BCUT2D eigenvalue weighted by atomic mass is 10.4. The first-order valence-corrected chi connectivity index (χ1v) is 5.28. The average Bonchev–Trinajstić information content (AvgIpc) is 2.16. The molecule has 3 nitrogen and oxygen atoms in total. The van der Waals surface area contributed by atoms with Gasteiger partial charge in [0, 0.05) is 26.3 Å². The van der Waals surface area contributed by atoms with Crippen LogP contribution in [0, 0.1) is 0 Å². The quantitative estimate of drug-likeness (QED) is 0.545. The number of likely N-dealkylation sites (N-methyl/N-ethyl adjacent to an activating group) is 1. The van der Waals surface area contributed by atoms with Crippen molar-refractivity contribution in [1.82, 2.24) is 10.2 Å². The molecule has 0 saturated heterocycles. The second kappa shape index (κ2) is 9.96. The summed E-state index contributed by atoms with van der Waals surface area (Å²) in [7, 11) is 2.14. The van der Waals surface area contributed by atoms with E-state index in [1.807, 2.05) is 6.92 Å². The summed E-state index contributed by atoms with van der Waals surface area (Å²) in [4.78, 5) is 2.30. The number of rotatable bonds is 9. The van der Waals surface area contributed by atoms with Gasteiger partial charge in [0.15, 0.2) is 0 Å². The van der Waals surface area contributed by atoms with Crippen molar-refractivity contribution in [2.24, 2.45) is 0 Å². The van der Waals surface area contributed by atoms with Crippen LogP contribution in [0.1, 0.15) is 20.3 Å². The van der Waals surface area contributed by atoms with Crippen molar-refractivity contribution in [1.29, 1.82) is 0 Å². The summed E-state index contributed by atoms with van der Waals surface area (Å²) >= 11 is 0. The van der Waals surface area contributed by atoms with Crippen molar-refractivity contribution < 1.29 is 4.74 Å². The third-order valence-electron chi connectivity index (χ3n) is 2.06. The maximum atomic E-state index is 5.23. The summed E-state index contributed by atoms with van der Waals surface area (Å²) in [6, 6.07) is 0. The molecule has 0 aromatic carbocycles. The Morgan fingerprint density at radius 2 is 2.00 bits per heavy atom. The Kier molecular flexibility index (Phi) is 9.87. The zero-order chi connectivity index (χ0) is 9.94. The molecule has 0 aliphatic rings. The van der Waals surface area contributed by atoms with Gasteiger partial charge < -0.3 is 15.0 Å². The Morgan fingerprint density at radius 3 is 2.62 bits per heavy atom. The lowest BCUT2D eigenvalue weighted by Crippen LogP contribution is -2.29. The Labute approximate surface area is 82.4 Å². The largest absolute Gasteiger partial charge is 0.382 e. The lowest BCUT2D eigenvalue weighted by molar-refractivity contribution is 0.144. The molecule has 0 saturated carbocycles. The summed E-state index contributed by atoms with van der Waals surface area (Å²) in [6.45, 7) is 10.3. The van der Waals surface area contributed by atoms with Gasteiger partial charge in [0.05, 0.1) is 0 Å². The molecule has 0 heterocycles. The molecule has 3 heteroatoms. The Balaban J connectivity index is 2.91. The molecule has 0 rings (SSSR count). The molecule has 0 aromatic rings. The Morgan fingerprint density at radius 1 is 1.23 bits per heavy atom. The average molecular weight is 188 g/mol. The van der Waals surface area contributed by atoms with Crippen LogP contribution in [0.15, 0.2) is 0 Å². The molecule has 0 aliphatic heterocycles. The number of hydrogen-bond donors (Lipinski definition) is 1. The van der Waals surface area contributed by atoms with Crippen LogP contribution in [0.2, 0.25) is 0 Å². The fraction of sp³-hybridized carbons (Fsp3) is 1.00. The summed E-state index contributed by atoms with van der Waals surface area (Å²) in [5.74, 6) is 0. The minimum Gasteiger partial charge on any atom is -0.382 e. The normalized spacial score (nSPS) is 11.1. The molecule has 0 unspecified atom stereocenters. The SMILES string of the molecule is CCOCCCNCCN(C)CC. The maximum absolute atomic E-state index is 5.23. The highest BCUT2D eigenvalue weighted by Crippen LogP contribution is 1.81. The first-order valence-electron chi connectivity index (χ1n) is 5.28. The molecule has 0 radical (unpaired) electrons. The summed E-state index contributed by atoms with van der Waals surface area (Å²) < 4.78 is 5.23. The number of ether oxygens (including phenoxy) is 1. The van der Waals surface area contributed by atoms with E-state index in [2.05, 4.69) is 24.2 Å². The predicted molar refractivity (Wildman–Crippen MR) is 57.2 cm³/mol. The van der Waals surface area contributed by atoms with Crippen molar-refractivity contribution in [3.05, 3.63) is 0 Å². The first kappa shape index (κ1) is 12.9. The summed E-state index contributed by atoms with van der Waals surface area (Å²) in [5, 5.41) is 3.39. The Bertz CT molecular complexity index is 98.9. The standard InChI is InChI=1S/C10H24N2O/c1-4-12(3)9-8-11-7-6-10-13-5-2/h11H,4-10H2,1-3H3. The van der Waals surface area contributed by atoms with Crippen LogP contribution in [0.5, 0.6) is 0 Å². The fourth-order valence-electron chi connectivity index (χ4n) is 0.997. The van der Waals surface area contributed by atoms with Crippen molar-refractivity contribution in [2.45, 2.75) is 20.3 Å². The molecule has 0 aliphatic carbocycles. The van der Waals surface area contributed by atoms with Crippen LogP contribution in [0.25, 0.3) is 0 Å². The Hall–Kier alpha value is -0.120. The van der Waals surface area contributed by atoms with Gasteiger partial charge in [0.1, 0.15) is 0 Å². The smallest absolute Gasteiger partial charge is 0.0477 e. The van der Waals surface area contributed by atoms with Gasteiger partial charge in [-0.05, 0) is 33.5 Å². The molecule has 80 valence electrons. The molecular formula is C10H24N2O. The highest BCUT2D eigenvalue weighted by atomic mass is 16.5. The molecule has 1 N–H and O–H groups in total. The summed E-state index contributed by atoms with van der Waals surface area (Å²) in [6.07, 6.45) is 1.11. The van der Waals surface area contributed by atoms with E-state index in [1.165, 1.54) is 0 Å². The van der Waals surface area contributed by atoms with Crippen LogP contribution in [0.4, 0.5) is 0 Å². The van der Waals surface area contributed by atoms with Crippen LogP contribution >= 0.6 is 0 Å². The van der Waals surface area contributed by atoms with Gasteiger partial charge in [0.2, 0.25) is 0 Å². The lowest BCUT2D eigenvalue weighted by Gasteiger charge is -2.13. The number of nitrogens with one attached hydrogen (secondary N) is 1. The van der Waals surface area contributed by atoms with E-state index < -0.39 is 0 Å². The van der Waals surface area contributed by atoms with Crippen molar-refractivity contribution in [2.75, 3.05) is 46.4 Å². The number of hydrogen-bond acceptors (Lipinski definition) is 3. The van der Waals surface area contributed by atoms with Gasteiger partial charge in [-0.3, -0.25) is 0 Å². The summed E-state index contributed by atoms with van der Waals surface area (Å²) in [5.41, 5.74) is 0. The second-order valence-electron chi connectivity index (χ2n) is 3.20. The van der Waals surface area contributed by atoms with Gasteiger partial charge >= 0.3 is 0 Å². The zero-order valence-electron chi connectivity index (χ0n) is 9.31. The fourth-order valence-corrected chi connectivity index (χ4v) is 0.997. The molecule has 0 atom stereocenters.